The van der Waals surface area contributed by atoms with Crippen molar-refractivity contribution < 1.29 is 4.79 Å². The molecule has 0 saturated carbocycles. The minimum atomic E-state index is -0.524. The van der Waals surface area contributed by atoms with Crippen LogP contribution in [-0.4, -0.2) is 5.91 Å². The number of nitriles is 1. The average Bonchev–Trinajstić information content (AvgIpc) is 2.49. The van der Waals surface area contributed by atoms with E-state index in [2.05, 4.69) is 5.32 Å². The highest BCUT2D eigenvalue weighted by molar-refractivity contribution is 6.35. The molecule has 0 atom stereocenters. The number of carbonyl (C=O) groups excluding carboxylic acids is 1. The lowest BCUT2D eigenvalue weighted by Crippen LogP contribution is -2.14. The summed E-state index contributed by atoms with van der Waals surface area (Å²) in [6, 6.07) is 11.8. The number of hydrogen-bond donors (Lipinski definition) is 1. The van der Waals surface area contributed by atoms with E-state index in [4.69, 9.17) is 34.8 Å². The Morgan fingerprint density at radius 3 is 2.39 bits per heavy atom. The molecule has 2 aromatic carbocycles. The summed E-state index contributed by atoms with van der Waals surface area (Å²) in [4.78, 5) is 12.3. The fourth-order valence-electron chi connectivity index (χ4n) is 1.88. The van der Waals surface area contributed by atoms with Crippen LogP contribution in [0.4, 0.5) is 5.69 Å². The largest absolute Gasteiger partial charge is 0.321 e. The first-order chi connectivity index (χ1) is 10.9. The van der Waals surface area contributed by atoms with E-state index in [1.165, 1.54) is 6.08 Å². The lowest BCUT2D eigenvalue weighted by Gasteiger charge is -2.08. The monoisotopic (exact) mass is 364 g/mol. The molecule has 0 aliphatic carbocycles. The summed E-state index contributed by atoms with van der Waals surface area (Å²) in [6.07, 6.45) is 1.42. The van der Waals surface area contributed by atoms with E-state index in [1.807, 2.05) is 13.0 Å². The highest BCUT2D eigenvalue weighted by Gasteiger charge is 2.12. The van der Waals surface area contributed by atoms with Crippen molar-refractivity contribution in [2.24, 2.45) is 0 Å². The molecule has 0 spiro atoms. The first kappa shape index (κ1) is 17.4. The van der Waals surface area contributed by atoms with Crippen molar-refractivity contribution in [1.82, 2.24) is 0 Å². The van der Waals surface area contributed by atoms with Gasteiger partial charge in [0.2, 0.25) is 0 Å². The third-order valence-electron chi connectivity index (χ3n) is 3.06. The molecule has 0 saturated heterocycles. The van der Waals surface area contributed by atoms with Crippen molar-refractivity contribution in [3.63, 3.8) is 0 Å². The summed E-state index contributed by atoms with van der Waals surface area (Å²) in [5.41, 5.74) is 1.86. The molecule has 116 valence electrons. The summed E-state index contributed by atoms with van der Waals surface area (Å²) in [5, 5.41) is 13.3. The minimum Gasteiger partial charge on any atom is -0.321 e. The van der Waals surface area contributed by atoms with Gasteiger partial charge >= 0.3 is 0 Å². The van der Waals surface area contributed by atoms with Crippen LogP contribution in [0.1, 0.15) is 11.1 Å². The Labute approximate surface area is 149 Å². The SMILES string of the molecule is Cc1cc(Cl)ccc1NC(=O)/C(C#N)=C/c1ccc(Cl)cc1Cl. The topological polar surface area (TPSA) is 52.9 Å². The Morgan fingerprint density at radius 2 is 1.78 bits per heavy atom. The highest BCUT2D eigenvalue weighted by atomic mass is 35.5. The summed E-state index contributed by atoms with van der Waals surface area (Å²) in [7, 11) is 0. The van der Waals surface area contributed by atoms with Crippen LogP contribution in [0.3, 0.4) is 0 Å². The smallest absolute Gasteiger partial charge is 0.266 e. The quantitative estimate of drug-likeness (QED) is 0.576. The van der Waals surface area contributed by atoms with E-state index < -0.39 is 5.91 Å². The molecule has 6 heteroatoms. The van der Waals surface area contributed by atoms with Crippen LogP contribution in [0.2, 0.25) is 15.1 Å². The van der Waals surface area contributed by atoms with Gasteiger partial charge in [-0.05, 0) is 54.5 Å². The summed E-state index contributed by atoms with van der Waals surface area (Å²) in [6.45, 7) is 1.81. The first-order valence-electron chi connectivity index (χ1n) is 6.55. The van der Waals surface area contributed by atoms with E-state index >= 15 is 0 Å². The maximum absolute atomic E-state index is 12.3. The van der Waals surface area contributed by atoms with Gasteiger partial charge in [-0.2, -0.15) is 5.26 Å². The van der Waals surface area contributed by atoms with Gasteiger partial charge in [-0.1, -0.05) is 40.9 Å². The molecule has 0 aliphatic rings. The van der Waals surface area contributed by atoms with Gasteiger partial charge in [0, 0.05) is 20.8 Å². The molecule has 0 unspecified atom stereocenters. The van der Waals surface area contributed by atoms with E-state index in [0.29, 0.717) is 26.3 Å². The summed E-state index contributed by atoms with van der Waals surface area (Å²) < 4.78 is 0. The molecule has 0 aliphatic heterocycles. The molecule has 3 nitrogen and oxygen atoms in total. The first-order valence-corrected chi connectivity index (χ1v) is 7.68. The number of rotatable bonds is 3. The predicted molar refractivity (Wildman–Crippen MR) is 94.9 cm³/mol. The maximum atomic E-state index is 12.3. The molecule has 0 aromatic heterocycles. The van der Waals surface area contributed by atoms with Crippen LogP contribution in [0.5, 0.6) is 0 Å². The van der Waals surface area contributed by atoms with Crippen molar-refractivity contribution >= 4 is 52.5 Å². The number of benzene rings is 2. The fourth-order valence-corrected chi connectivity index (χ4v) is 2.57. The minimum absolute atomic E-state index is 0.0661. The highest BCUT2D eigenvalue weighted by Crippen LogP contribution is 2.24. The Hall–Kier alpha value is -1.99. The second-order valence-electron chi connectivity index (χ2n) is 4.75. The molecule has 23 heavy (non-hydrogen) atoms. The zero-order valence-corrected chi connectivity index (χ0v) is 14.3. The number of carbonyl (C=O) groups is 1. The van der Waals surface area contributed by atoms with E-state index in [9.17, 15) is 10.1 Å². The summed E-state index contributed by atoms with van der Waals surface area (Å²) >= 11 is 17.8. The predicted octanol–water partition coefficient (Wildman–Crippen LogP) is 5.50. The zero-order chi connectivity index (χ0) is 17.0. The number of halogens is 3. The van der Waals surface area contributed by atoms with Crippen LogP contribution < -0.4 is 5.32 Å². The molecule has 1 amide bonds. The number of nitrogens with zero attached hydrogens (tertiary/aromatic N) is 1. The van der Waals surface area contributed by atoms with Crippen LogP contribution >= 0.6 is 34.8 Å². The van der Waals surface area contributed by atoms with Gasteiger partial charge in [0.25, 0.3) is 5.91 Å². The van der Waals surface area contributed by atoms with Crippen molar-refractivity contribution in [3.8, 4) is 6.07 Å². The van der Waals surface area contributed by atoms with Gasteiger partial charge in [-0.3, -0.25) is 4.79 Å². The Balaban J connectivity index is 2.28. The lowest BCUT2D eigenvalue weighted by molar-refractivity contribution is -0.112. The molecule has 0 bridgehead atoms. The van der Waals surface area contributed by atoms with Crippen LogP contribution in [-0.2, 0) is 4.79 Å². The summed E-state index contributed by atoms with van der Waals surface area (Å²) in [5.74, 6) is -0.524. The average molecular weight is 366 g/mol. The molecular formula is C17H11Cl3N2O. The maximum Gasteiger partial charge on any atom is 0.266 e. The molecule has 2 rings (SSSR count). The van der Waals surface area contributed by atoms with Crippen molar-refractivity contribution in [1.29, 1.82) is 5.26 Å². The van der Waals surface area contributed by atoms with Gasteiger partial charge in [0.1, 0.15) is 11.6 Å². The van der Waals surface area contributed by atoms with Crippen LogP contribution in [0.25, 0.3) is 6.08 Å². The van der Waals surface area contributed by atoms with Crippen molar-refractivity contribution in [3.05, 3.63) is 68.2 Å². The molecular weight excluding hydrogens is 355 g/mol. The third kappa shape index (κ3) is 4.49. The van der Waals surface area contributed by atoms with Gasteiger partial charge in [0.15, 0.2) is 0 Å². The number of hydrogen-bond acceptors (Lipinski definition) is 2. The fraction of sp³-hybridized carbons (Fsp3) is 0.0588. The van der Waals surface area contributed by atoms with Crippen LogP contribution in [0.15, 0.2) is 42.0 Å². The molecule has 0 heterocycles. The van der Waals surface area contributed by atoms with E-state index in [0.717, 1.165) is 5.56 Å². The zero-order valence-electron chi connectivity index (χ0n) is 12.0. The number of amides is 1. The number of nitrogens with one attached hydrogen (secondary N) is 1. The van der Waals surface area contributed by atoms with Gasteiger partial charge < -0.3 is 5.32 Å². The number of aryl methyl sites for hydroxylation is 1. The van der Waals surface area contributed by atoms with Gasteiger partial charge in [-0.15, -0.1) is 0 Å². The van der Waals surface area contributed by atoms with E-state index in [-0.39, 0.29) is 5.57 Å². The Bertz CT molecular complexity index is 838. The second-order valence-corrected chi connectivity index (χ2v) is 6.03. The number of anilines is 1. The Kier molecular flexibility index (Phi) is 5.68. The van der Waals surface area contributed by atoms with Crippen molar-refractivity contribution in [2.45, 2.75) is 6.92 Å². The second kappa shape index (κ2) is 7.52. The normalized spacial score (nSPS) is 11.0. The van der Waals surface area contributed by atoms with Gasteiger partial charge in [-0.25, -0.2) is 0 Å². The lowest BCUT2D eigenvalue weighted by atomic mass is 10.1. The Morgan fingerprint density at radius 1 is 1.13 bits per heavy atom. The van der Waals surface area contributed by atoms with Crippen molar-refractivity contribution in [2.75, 3.05) is 5.32 Å². The van der Waals surface area contributed by atoms with E-state index in [1.54, 1.807) is 36.4 Å². The standard InChI is InChI=1S/C17H11Cl3N2O/c1-10-6-13(18)4-5-16(10)22-17(23)12(9-21)7-11-2-3-14(19)8-15(11)20/h2-8H,1H3,(H,22,23)/b12-7+. The molecule has 0 radical (unpaired) electrons. The molecule has 0 fully saturated rings. The van der Waals surface area contributed by atoms with Gasteiger partial charge in [0.05, 0.1) is 0 Å². The molecule has 2 aromatic rings. The third-order valence-corrected chi connectivity index (χ3v) is 3.86. The van der Waals surface area contributed by atoms with Crippen LogP contribution in [0, 0.1) is 18.3 Å². The molecule has 1 N–H and O–H groups in total.